The maximum absolute atomic E-state index is 13.1. The summed E-state index contributed by atoms with van der Waals surface area (Å²) in [7, 11) is 0. The summed E-state index contributed by atoms with van der Waals surface area (Å²) in [6.07, 6.45) is 3.52. The molecule has 0 unspecified atom stereocenters. The summed E-state index contributed by atoms with van der Waals surface area (Å²) in [4.78, 5) is 19.2. The molecule has 4 rings (SSSR count). The van der Waals surface area contributed by atoms with Gasteiger partial charge >= 0.3 is 0 Å². The third-order valence-electron chi connectivity index (χ3n) is 4.77. The second kappa shape index (κ2) is 7.07. The van der Waals surface area contributed by atoms with E-state index in [1.54, 1.807) is 24.4 Å². The fraction of sp³-hybridized carbons (Fsp3) is 0.250. The van der Waals surface area contributed by atoms with Crippen molar-refractivity contribution in [1.82, 2.24) is 20.1 Å². The fourth-order valence-corrected chi connectivity index (χ4v) is 3.41. The van der Waals surface area contributed by atoms with E-state index in [9.17, 15) is 9.18 Å². The van der Waals surface area contributed by atoms with Gasteiger partial charge in [0.2, 0.25) is 0 Å². The minimum absolute atomic E-state index is 0.0260. The van der Waals surface area contributed by atoms with Gasteiger partial charge in [-0.15, -0.1) is 0 Å². The van der Waals surface area contributed by atoms with Crippen molar-refractivity contribution in [3.63, 3.8) is 0 Å². The number of aromatic nitrogens is 3. The van der Waals surface area contributed by atoms with Crippen LogP contribution in [0.15, 0.2) is 54.7 Å². The van der Waals surface area contributed by atoms with Crippen molar-refractivity contribution in [2.45, 2.75) is 18.8 Å². The summed E-state index contributed by atoms with van der Waals surface area (Å²) in [5.41, 5.74) is 3.18. The van der Waals surface area contributed by atoms with Crippen LogP contribution in [0.4, 0.5) is 4.39 Å². The van der Waals surface area contributed by atoms with Crippen molar-refractivity contribution in [2.24, 2.45) is 0 Å². The lowest BCUT2D eigenvalue weighted by molar-refractivity contribution is 0.0700. The molecule has 0 spiro atoms. The van der Waals surface area contributed by atoms with Gasteiger partial charge in [-0.2, -0.15) is 5.10 Å². The molecule has 3 aromatic rings. The van der Waals surface area contributed by atoms with Crippen LogP contribution in [0.1, 0.15) is 34.9 Å². The predicted octanol–water partition coefficient (Wildman–Crippen LogP) is 3.63. The number of likely N-dealkylation sites (tertiary alicyclic amines) is 1. The molecule has 1 N–H and O–H groups in total. The van der Waals surface area contributed by atoms with Crippen molar-refractivity contribution in [2.75, 3.05) is 13.1 Å². The van der Waals surface area contributed by atoms with Gasteiger partial charge in [-0.1, -0.05) is 6.07 Å². The van der Waals surface area contributed by atoms with Crippen LogP contribution >= 0.6 is 0 Å². The van der Waals surface area contributed by atoms with Crippen molar-refractivity contribution < 1.29 is 9.18 Å². The molecule has 0 bridgehead atoms. The zero-order valence-corrected chi connectivity index (χ0v) is 14.2. The number of halogens is 1. The van der Waals surface area contributed by atoms with Gasteiger partial charge in [0.05, 0.1) is 5.69 Å². The minimum Gasteiger partial charge on any atom is -0.337 e. The smallest absolute Gasteiger partial charge is 0.271 e. The van der Waals surface area contributed by atoms with Crippen LogP contribution in [-0.2, 0) is 0 Å². The molecule has 0 saturated carbocycles. The lowest BCUT2D eigenvalue weighted by atomic mass is 9.93. The quantitative estimate of drug-likeness (QED) is 0.785. The predicted molar refractivity (Wildman–Crippen MR) is 96.1 cm³/mol. The molecule has 1 atom stereocenters. The van der Waals surface area contributed by atoms with E-state index >= 15 is 0 Å². The Morgan fingerprint density at radius 3 is 2.77 bits per heavy atom. The minimum atomic E-state index is -0.259. The van der Waals surface area contributed by atoms with Gasteiger partial charge in [-0.3, -0.25) is 14.9 Å². The van der Waals surface area contributed by atoms with Gasteiger partial charge in [0.1, 0.15) is 11.5 Å². The summed E-state index contributed by atoms with van der Waals surface area (Å²) < 4.78 is 13.1. The van der Waals surface area contributed by atoms with Crippen LogP contribution in [0.25, 0.3) is 11.3 Å². The topological polar surface area (TPSA) is 61.9 Å². The first kappa shape index (κ1) is 16.4. The van der Waals surface area contributed by atoms with E-state index in [0.29, 0.717) is 12.2 Å². The number of pyridine rings is 1. The molecule has 1 aliphatic rings. The number of piperidine rings is 1. The first-order chi connectivity index (χ1) is 12.7. The van der Waals surface area contributed by atoms with Crippen LogP contribution in [0, 0.1) is 5.82 Å². The Bertz CT molecular complexity index is 892. The molecule has 0 radical (unpaired) electrons. The summed E-state index contributed by atoms with van der Waals surface area (Å²) in [5.74, 6) is -0.0944. The first-order valence-electron chi connectivity index (χ1n) is 8.72. The number of H-pyrrole nitrogens is 1. The number of nitrogens with one attached hydrogen (secondary N) is 1. The van der Waals surface area contributed by atoms with Gasteiger partial charge < -0.3 is 4.90 Å². The van der Waals surface area contributed by atoms with Gasteiger partial charge in [0, 0.05) is 36.5 Å². The molecule has 1 fully saturated rings. The van der Waals surface area contributed by atoms with E-state index in [1.165, 1.54) is 12.1 Å². The van der Waals surface area contributed by atoms with Crippen molar-refractivity contribution in [3.05, 3.63) is 71.9 Å². The molecule has 2 aromatic heterocycles. The molecule has 1 aliphatic heterocycles. The van der Waals surface area contributed by atoms with E-state index in [4.69, 9.17) is 4.98 Å². The van der Waals surface area contributed by atoms with Gasteiger partial charge in [0.15, 0.2) is 0 Å². The number of rotatable bonds is 3. The second-order valence-electron chi connectivity index (χ2n) is 6.52. The Kier molecular flexibility index (Phi) is 4.48. The van der Waals surface area contributed by atoms with Crippen molar-refractivity contribution in [1.29, 1.82) is 0 Å². The Morgan fingerprint density at radius 2 is 2.00 bits per heavy atom. The summed E-state index contributed by atoms with van der Waals surface area (Å²) in [6, 6.07) is 13.9. The van der Waals surface area contributed by atoms with Gasteiger partial charge in [-0.25, -0.2) is 4.39 Å². The first-order valence-corrected chi connectivity index (χ1v) is 8.72. The molecule has 1 aromatic carbocycles. The Labute approximate surface area is 150 Å². The summed E-state index contributed by atoms with van der Waals surface area (Å²) >= 11 is 0. The zero-order valence-electron chi connectivity index (χ0n) is 14.2. The Morgan fingerprint density at radius 1 is 1.15 bits per heavy atom. The number of aromatic amines is 1. The normalized spacial score (nSPS) is 17.3. The highest BCUT2D eigenvalue weighted by Crippen LogP contribution is 2.28. The molecule has 5 nitrogen and oxygen atoms in total. The van der Waals surface area contributed by atoms with Crippen LogP contribution in [0.5, 0.6) is 0 Å². The Balaban J connectivity index is 1.54. The van der Waals surface area contributed by atoms with Crippen LogP contribution in [0.3, 0.4) is 0 Å². The van der Waals surface area contributed by atoms with Crippen molar-refractivity contribution >= 4 is 5.91 Å². The molecule has 0 aliphatic carbocycles. The molecule has 1 amide bonds. The number of hydrogen-bond donors (Lipinski definition) is 1. The van der Waals surface area contributed by atoms with Crippen LogP contribution < -0.4 is 0 Å². The molecule has 26 heavy (non-hydrogen) atoms. The van der Waals surface area contributed by atoms with Crippen LogP contribution in [0.2, 0.25) is 0 Å². The fourth-order valence-electron chi connectivity index (χ4n) is 3.41. The van der Waals surface area contributed by atoms with E-state index in [-0.39, 0.29) is 17.6 Å². The largest absolute Gasteiger partial charge is 0.337 e. The summed E-state index contributed by atoms with van der Waals surface area (Å²) in [6.45, 7) is 1.38. The zero-order chi connectivity index (χ0) is 17.9. The van der Waals surface area contributed by atoms with Gasteiger partial charge in [-0.05, 0) is 55.3 Å². The summed E-state index contributed by atoms with van der Waals surface area (Å²) in [5, 5.41) is 6.59. The SMILES string of the molecule is O=C(c1ccn[nH]1)N1CCC[C@@H](c2cccc(-c3ccc(F)cc3)n2)C1. The standard InChI is InChI=1S/C20H19FN4O/c21-16-8-6-14(7-9-16)17-4-1-5-18(23-17)15-3-2-12-25(13-15)20(26)19-10-11-22-24-19/h1,4-11,15H,2-3,12-13H2,(H,22,24)/t15-/m1/s1. The lowest BCUT2D eigenvalue weighted by Gasteiger charge is -2.32. The average molecular weight is 350 g/mol. The third kappa shape index (κ3) is 3.35. The molecule has 6 heteroatoms. The molecular formula is C20H19FN4O. The van der Waals surface area contributed by atoms with Gasteiger partial charge in [0.25, 0.3) is 5.91 Å². The number of carbonyl (C=O) groups is 1. The average Bonchev–Trinajstić information content (AvgIpc) is 3.23. The van der Waals surface area contributed by atoms with Crippen LogP contribution in [-0.4, -0.2) is 39.1 Å². The second-order valence-corrected chi connectivity index (χ2v) is 6.52. The molecule has 3 heterocycles. The van der Waals surface area contributed by atoms with E-state index in [1.807, 2.05) is 23.1 Å². The maximum Gasteiger partial charge on any atom is 0.271 e. The number of amides is 1. The highest BCUT2D eigenvalue weighted by atomic mass is 19.1. The third-order valence-corrected chi connectivity index (χ3v) is 4.77. The number of carbonyl (C=O) groups excluding carboxylic acids is 1. The highest BCUT2D eigenvalue weighted by Gasteiger charge is 2.27. The number of nitrogens with zero attached hydrogens (tertiary/aromatic N) is 3. The van der Waals surface area contributed by atoms with E-state index < -0.39 is 0 Å². The monoisotopic (exact) mass is 350 g/mol. The molecule has 1 saturated heterocycles. The van der Waals surface area contributed by atoms with E-state index in [0.717, 1.165) is 36.3 Å². The molecule has 132 valence electrons. The maximum atomic E-state index is 13.1. The number of hydrogen-bond acceptors (Lipinski definition) is 3. The Hall–Kier alpha value is -3.02. The highest BCUT2D eigenvalue weighted by molar-refractivity contribution is 5.92. The van der Waals surface area contributed by atoms with Crippen molar-refractivity contribution in [3.8, 4) is 11.3 Å². The van der Waals surface area contributed by atoms with E-state index in [2.05, 4.69) is 10.2 Å². The number of benzene rings is 1. The molecular weight excluding hydrogens is 331 g/mol. The lowest BCUT2D eigenvalue weighted by Crippen LogP contribution is -2.39.